The van der Waals surface area contributed by atoms with E-state index in [1.807, 2.05) is 24.3 Å². The van der Waals surface area contributed by atoms with Crippen molar-refractivity contribution in [2.75, 3.05) is 13.7 Å². The lowest BCUT2D eigenvalue weighted by Crippen LogP contribution is -2.25. The summed E-state index contributed by atoms with van der Waals surface area (Å²) in [5.41, 5.74) is 1.88. The van der Waals surface area contributed by atoms with Crippen LogP contribution >= 0.6 is 0 Å². The van der Waals surface area contributed by atoms with E-state index >= 15 is 0 Å². The molecule has 2 rings (SSSR count). The first kappa shape index (κ1) is 16.5. The van der Waals surface area contributed by atoms with E-state index in [2.05, 4.69) is 10.4 Å². The van der Waals surface area contributed by atoms with E-state index in [0.29, 0.717) is 30.0 Å². The van der Waals surface area contributed by atoms with Gasteiger partial charge >= 0.3 is 5.97 Å². The van der Waals surface area contributed by atoms with Gasteiger partial charge in [0.15, 0.2) is 0 Å². The van der Waals surface area contributed by atoms with Crippen LogP contribution in [0.4, 0.5) is 0 Å². The highest BCUT2D eigenvalue weighted by molar-refractivity contribution is 5.95. The zero-order valence-corrected chi connectivity index (χ0v) is 13.1. The first-order valence-electron chi connectivity index (χ1n) is 7.22. The van der Waals surface area contributed by atoms with Gasteiger partial charge in [-0.1, -0.05) is 12.1 Å². The minimum absolute atomic E-state index is 0.0275. The number of nitrogens with zero attached hydrogens (tertiary/aromatic N) is 2. The van der Waals surface area contributed by atoms with E-state index in [1.165, 1.54) is 6.20 Å². The summed E-state index contributed by atoms with van der Waals surface area (Å²) in [5.74, 6) is -0.486. The summed E-state index contributed by atoms with van der Waals surface area (Å²) >= 11 is 0. The number of carbonyl (C=O) groups is 2. The van der Waals surface area contributed by atoms with Crippen LogP contribution in [0.2, 0.25) is 0 Å². The molecule has 1 aromatic heterocycles. The molecular formula is C16H19N3O4. The number of carboxylic acids is 1. The monoisotopic (exact) mass is 317 g/mol. The number of ether oxygens (including phenoxy) is 1. The standard InChI is InChI=1S/C16H19N3O4/c1-11-12(16(22)17-9-5-8-15(20)21)10-18-19(11)13-6-3-4-7-14(13)23-2/h3-4,6-7,10H,5,8-9H2,1-2H3,(H,17,22)(H,20,21). The summed E-state index contributed by atoms with van der Waals surface area (Å²) in [4.78, 5) is 22.6. The van der Waals surface area contributed by atoms with Gasteiger partial charge in [0, 0.05) is 13.0 Å². The van der Waals surface area contributed by atoms with Gasteiger partial charge in [-0.25, -0.2) is 4.68 Å². The summed E-state index contributed by atoms with van der Waals surface area (Å²) in [7, 11) is 1.58. The Labute approximate surface area is 133 Å². The van der Waals surface area contributed by atoms with Gasteiger partial charge in [0.1, 0.15) is 11.4 Å². The van der Waals surface area contributed by atoms with Crippen LogP contribution < -0.4 is 10.1 Å². The lowest BCUT2D eigenvalue weighted by atomic mass is 10.2. The van der Waals surface area contributed by atoms with E-state index in [0.717, 1.165) is 5.69 Å². The number of rotatable bonds is 7. The molecule has 1 heterocycles. The van der Waals surface area contributed by atoms with E-state index in [-0.39, 0.29) is 12.3 Å². The zero-order valence-electron chi connectivity index (χ0n) is 13.1. The van der Waals surface area contributed by atoms with Crippen molar-refractivity contribution in [1.29, 1.82) is 0 Å². The number of methoxy groups -OCH3 is 1. The molecule has 7 nitrogen and oxygen atoms in total. The molecule has 0 saturated carbocycles. The topological polar surface area (TPSA) is 93.5 Å². The molecule has 0 atom stereocenters. The van der Waals surface area contributed by atoms with Crippen molar-refractivity contribution < 1.29 is 19.4 Å². The third-order valence-corrected chi connectivity index (χ3v) is 3.42. The van der Waals surface area contributed by atoms with Gasteiger partial charge in [0.25, 0.3) is 5.91 Å². The van der Waals surface area contributed by atoms with Gasteiger partial charge in [-0.15, -0.1) is 0 Å². The molecule has 0 unspecified atom stereocenters. The maximum absolute atomic E-state index is 12.2. The number of hydrogen-bond acceptors (Lipinski definition) is 4. The predicted molar refractivity (Wildman–Crippen MR) is 84.1 cm³/mol. The molecule has 7 heteroatoms. The minimum Gasteiger partial charge on any atom is -0.494 e. The van der Waals surface area contributed by atoms with Gasteiger partial charge in [0.05, 0.1) is 24.6 Å². The van der Waals surface area contributed by atoms with Crippen LogP contribution in [0.1, 0.15) is 28.9 Å². The molecule has 0 radical (unpaired) electrons. The van der Waals surface area contributed by atoms with Gasteiger partial charge in [-0.3, -0.25) is 9.59 Å². The number of nitrogens with one attached hydrogen (secondary N) is 1. The molecule has 1 aromatic carbocycles. The molecule has 122 valence electrons. The molecule has 0 aliphatic carbocycles. The fourth-order valence-corrected chi connectivity index (χ4v) is 2.22. The van der Waals surface area contributed by atoms with E-state index in [9.17, 15) is 9.59 Å². The van der Waals surface area contributed by atoms with E-state index in [1.54, 1.807) is 18.7 Å². The lowest BCUT2D eigenvalue weighted by Gasteiger charge is -2.10. The van der Waals surface area contributed by atoms with Crippen molar-refractivity contribution in [3.05, 3.63) is 41.7 Å². The highest BCUT2D eigenvalue weighted by Gasteiger charge is 2.16. The van der Waals surface area contributed by atoms with Crippen molar-refractivity contribution >= 4 is 11.9 Å². The van der Waals surface area contributed by atoms with Gasteiger partial charge < -0.3 is 15.2 Å². The summed E-state index contributed by atoms with van der Waals surface area (Å²) in [6, 6.07) is 7.40. The quantitative estimate of drug-likeness (QED) is 0.759. The Hall–Kier alpha value is -2.83. The molecule has 0 bridgehead atoms. The Bertz CT molecular complexity index is 709. The third-order valence-electron chi connectivity index (χ3n) is 3.42. The highest BCUT2D eigenvalue weighted by atomic mass is 16.5. The lowest BCUT2D eigenvalue weighted by molar-refractivity contribution is -0.137. The Balaban J connectivity index is 2.13. The summed E-state index contributed by atoms with van der Waals surface area (Å²) in [6.07, 6.45) is 1.91. The average molecular weight is 317 g/mol. The van der Waals surface area contributed by atoms with E-state index < -0.39 is 5.97 Å². The predicted octanol–water partition coefficient (Wildman–Crippen LogP) is 1.78. The molecular weight excluding hydrogens is 298 g/mol. The molecule has 0 spiro atoms. The summed E-state index contributed by atoms with van der Waals surface area (Å²) in [6.45, 7) is 2.11. The molecule has 0 aliphatic heterocycles. The van der Waals surface area contributed by atoms with Gasteiger partial charge in [0.2, 0.25) is 0 Å². The Kier molecular flexibility index (Phi) is 5.35. The second kappa shape index (κ2) is 7.44. The Morgan fingerprint density at radius 1 is 1.35 bits per heavy atom. The van der Waals surface area contributed by atoms with Gasteiger partial charge in [-0.05, 0) is 25.5 Å². The van der Waals surface area contributed by atoms with Crippen molar-refractivity contribution in [1.82, 2.24) is 15.1 Å². The normalized spacial score (nSPS) is 10.3. The van der Waals surface area contributed by atoms with Crippen LogP contribution in [-0.2, 0) is 4.79 Å². The van der Waals surface area contributed by atoms with Crippen LogP contribution in [-0.4, -0.2) is 40.4 Å². The first-order valence-corrected chi connectivity index (χ1v) is 7.22. The number of aliphatic carboxylic acids is 1. The smallest absolute Gasteiger partial charge is 0.303 e. The molecule has 0 fully saturated rings. The molecule has 2 aromatic rings. The number of carboxylic acid groups (broad SMARTS) is 1. The SMILES string of the molecule is COc1ccccc1-n1ncc(C(=O)NCCCC(=O)O)c1C. The number of hydrogen-bond donors (Lipinski definition) is 2. The summed E-state index contributed by atoms with van der Waals surface area (Å²) < 4.78 is 6.95. The second-order valence-electron chi connectivity index (χ2n) is 4.98. The molecule has 1 amide bonds. The first-order chi connectivity index (χ1) is 11.0. The van der Waals surface area contributed by atoms with Crippen LogP contribution in [0.15, 0.2) is 30.5 Å². The number of carbonyl (C=O) groups excluding carboxylic acids is 1. The molecule has 0 aliphatic rings. The second-order valence-corrected chi connectivity index (χ2v) is 4.98. The van der Waals surface area contributed by atoms with Crippen molar-refractivity contribution in [2.24, 2.45) is 0 Å². The molecule has 0 saturated heterocycles. The highest BCUT2D eigenvalue weighted by Crippen LogP contribution is 2.23. The molecule has 23 heavy (non-hydrogen) atoms. The zero-order chi connectivity index (χ0) is 16.8. The fourth-order valence-electron chi connectivity index (χ4n) is 2.22. The minimum atomic E-state index is -0.876. The van der Waals surface area contributed by atoms with Crippen LogP contribution in [0, 0.1) is 6.92 Å². The summed E-state index contributed by atoms with van der Waals surface area (Å²) in [5, 5.41) is 15.5. The van der Waals surface area contributed by atoms with Crippen LogP contribution in [0.25, 0.3) is 5.69 Å². The maximum Gasteiger partial charge on any atom is 0.303 e. The fraction of sp³-hybridized carbons (Fsp3) is 0.312. The van der Waals surface area contributed by atoms with Crippen LogP contribution in [0.3, 0.4) is 0 Å². The number of para-hydroxylation sites is 2. The Morgan fingerprint density at radius 2 is 2.09 bits per heavy atom. The third kappa shape index (κ3) is 3.88. The average Bonchev–Trinajstić information content (AvgIpc) is 2.92. The number of amides is 1. The van der Waals surface area contributed by atoms with Gasteiger partial charge in [-0.2, -0.15) is 5.10 Å². The maximum atomic E-state index is 12.2. The Morgan fingerprint density at radius 3 is 2.78 bits per heavy atom. The molecule has 2 N–H and O–H groups in total. The number of aromatic nitrogens is 2. The van der Waals surface area contributed by atoms with E-state index in [4.69, 9.17) is 9.84 Å². The van der Waals surface area contributed by atoms with Crippen molar-refractivity contribution in [3.8, 4) is 11.4 Å². The largest absolute Gasteiger partial charge is 0.494 e. The van der Waals surface area contributed by atoms with Crippen molar-refractivity contribution in [2.45, 2.75) is 19.8 Å². The number of benzene rings is 1. The van der Waals surface area contributed by atoms with Crippen LogP contribution in [0.5, 0.6) is 5.75 Å². The van der Waals surface area contributed by atoms with Crippen molar-refractivity contribution in [3.63, 3.8) is 0 Å².